The Morgan fingerprint density at radius 1 is 1.55 bits per heavy atom. The highest BCUT2D eigenvalue weighted by molar-refractivity contribution is 6.30. The van der Waals surface area contributed by atoms with Crippen LogP contribution in [0.4, 0.5) is 5.69 Å². The van der Waals surface area contributed by atoms with Crippen LogP contribution >= 0.6 is 11.6 Å². The molecule has 0 saturated carbocycles. The van der Waals surface area contributed by atoms with E-state index in [1.807, 2.05) is 6.92 Å². The minimum atomic E-state index is -0.487. The molecule has 0 spiro atoms. The Labute approximate surface area is 120 Å². The van der Waals surface area contributed by atoms with Gasteiger partial charge in [0.25, 0.3) is 5.69 Å². The topological polar surface area (TPSA) is 99.9 Å². The van der Waals surface area contributed by atoms with Gasteiger partial charge in [-0.25, -0.2) is 4.68 Å². The Morgan fingerprint density at radius 3 is 2.95 bits per heavy atom. The molecule has 0 aliphatic carbocycles. The molecule has 0 bridgehead atoms. The van der Waals surface area contributed by atoms with Gasteiger partial charge in [-0.2, -0.15) is 0 Å². The summed E-state index contributed by atoms with van der Waals surface area (Å²) in [6, 6.07) is 4.05. The smallest absolute Gasteiger partial charge is 0.295 e. The number of nitrogens with two attached hydrogens (primary N) is 1. The zero-order chi connectivity index (χ0) is 14.7. The van der Waals surface area contributed by atoms with Crippen molar-refractivity contribution in [2.75, 3.05) is 0 Å². The van der Waals surface area contributed by atoms with Crippen molar-refractivity contribution in [2.45, 2.75) is 25.8 Å². The Kier molecular flexibility index (Phi) is 4.31. The van der Waals surface area contributed by atoms with E-state index in [9.17, 15) is 10.1 Å². The molecule has 7 nitrogen and oxygen atoms in total. The molecule has 1 aromatic carbocycles. The SMILES string of the molecule is CCCC(N)c1cn(-c2cc(Cl)ccc2[N+](=O)[O-])nn1. The molecular formula is C12H14ClN5O2. The summed E-state index contributed by atoms with van der Waals surface area (Å²) in [4.78, 5) is 10.5. The Morgan fingerprint density at radius 2 is 2.30 bits per heavy atom. The lowest BCUT2D eigenvalue weighted by molar-refractivity contribution is -0.384. The van der Waals surface area contributed by atoms with Crippen molar-refractivity contribution in [3.05, 3.63) is 45.2 Å². The van der Waals surface area contributed by atoms with Gasteiger partial charge in [-0.05, 0) is 18.6 Å². The van der Waals surface area contributed by atoms with Crippen LogP contribution in [0.5, 0.6) is 0 Å². The Hall–Kier alpha value is -1.99. The maximum Gasteiger partial charge on any atom is 0.295 e. The molecule has 0 fully saturated rings. The van der Waals surface area contributed by atoms with Gasteiger partial charge in [0.1, 0.15) is 5.69 Å². The van der Waals surface area contributed by atoms with E-state index in [4.69, 9.17) is 17.3 Å². The first kappa shape index (κ1) is 14.4. The monoisotopic (exact) mass is 295 g/mol. The lowest BCUT2D eigenvalue weighted by Crippen LogP contribution is -2.10. The Balaban J connectivity index is 2.41. The molecule has 2 N–H and O–H groups in total. The highest BCUT2D eigenvalue weighted by Gasteiger charge is 2.18. The van der Waals surface area contributed by atoms with Crippen LogP contribution in [-0.4, -0.2) is 19.9 Å². The normalized spacial score (nSPS) is 12.3. The molecule has 1 unspecified atom stereocenters. The fourth-order valence-electron chi connectivity index (χ4n) is 1.86. The second-order valence-corrected chi connectivity index (χ2v) is 4.81. The predicted molar refractivity (Wildman–Crippen MR) is 74.9 cm³/mol. The summed E-state index contributed by atoms with van der Waals surface area (Å²) in [7, 11) is 0. The van der Waals surface area contributed by atoms with Gasteiger partial charge >= 0.3 is 0 Å². The van der Waals surface area contributed by atoms with E-state index in [2.05, 4.69) is 10.3 Å². The fraction of sp³-hybridized carbons (Fsp3) is 0.333. The summed E-state index contributed by atoms with van der Waals surface area (Å²) in [5, 5.41) is 19.3. The maximum absolute atomic E-state index is 11.0. The van der Waals surface area contributed by atoms with Gasteiger partial charge in [0, 0.05) is 11.1 Å². The van der Waals surface area contributed by atoms with Crippen molar-refractivity contribution in [1.82, 2.24) is 15.0 Å². The summed E-state index contributed by atoms with van der Waals surface area (Å²) in [6.45, 7) is 2.02. The van der Waals surface area contributed by atoms with Crippen LogP contribution in [0.1, 0.15) is 31.5 Å². The minimum Gasteiger partial charge on any atom is -0.323 e. The number of nitrogens with zero attached hydrogens (tertiary/aromatic N) is 4. The molecular weight excluding hydrogens is 282 g/mol. The number of benzene rings is 1. The summed E-state index contributed by atoms with van der Waals surface area (Å²) in [5.41, 5.74) is 6.73. The maximum atomic E-state index is 11.0. The van der Waals surface area contributed by atoms with Crippen molar-refractivity contribution in [1.29, 1.82) is 0 Å². The Bertz CT molecular complexity index is 628. The van der Waals surface area contributed by atoms with Crippen molar-refractivity contribution in [3.8, 4) is 5.69 Å². The first-order valence-electron chi connectivity index (χ1n) is 6.15. The summed E-state index contributed by atoms with van der Waals surface area (Å²) < 4.78 is 1.33. The van der Waals surface area contributed by atoms with E-state index >= 15 is 0 Å². The van der Waals surface area contributed by atoms with Crippen molar-refractivity contribution < 1.29 is 4.92 Å². The van der Waals surface area contributed by atoms with Gasteiger partial charge in [0.2, 0.25) is 0 Å². The van der Waals surface area contributed by atoms with Crippen molar-refractivity contribution in [2.24, 2.45) is 5.73 Å². The van der Waals surface area contributed by atoms with E-state index in [0.717, 1.165) is 12.8 Å². The van der Waals surface area contributed by atoms with E-state index in [1.54, 1.807) is 6.20 Å². The lowest BCUT2D eigenvalue weighted by atomic mass is 10.1. The molecule has 8 heteroatoms. The van der Waals surface area contributed by atoms with Crippen LogP contribution in [0.3, 0.4) is 0 Å². The molecule has 106 valence electrons. The molecule has 1 aromatic heterocycles. The number of aromatic nitrogens is 3. The minimum absolute atomic E-state index is 0.0880. The largest absolute Gasteiger partial charge is 0.323 e. The van der Waals surface area contributed by atoms with Gasteiger partial charge in [-0.3, -0.25) is 10.1 Å². The predicted octanol–water partition coefficient (Wildman–Crippen LogP) is 2.63. The second-order valence-electron chi connectivity index (χ2n) is 4.37. The van der Waals surface area contributed by atoms with Gasteiger partial charge in [0.05, 0.1) is 22.9 Å². The number of hydrogen-bond acceptors (Lipinski definition) is 5. The highest BCUT2D eigenvalue weighted by atomic mass is 35.5. The molecule has 0 saturated heterocycles. The third-order valence-corrected chi connectivity index (χ3v) is 3.11. The average molecular weight is 296 g/mol. The zero-order valence-electron chi connectivity index (χ0n) is 10.9. The van der Waals surface area contributed by atoms with Gasteiger partial charge < -0.3 is 5.73 Å². The van der Waals surface area contributed by atoms with Gasteiger partial charge in [-0.15, -0.1) is 5.10 Å². The van der Waals surface area contributed by atoms with Crippen LogP contribution < -0.4 is 5.73 Å². The summed E-state index contributed by atoms with van der Waals surface area (Å²) >= 11 is 5.88. The molecule has 20 heavy (non-hydrogen) atoms. The van der Waals surface area contributed by atoms with E-state index < -0.39 is 4.92 Å². The summed E-state index contributed by atoms with van der Waals surface area (Å²) in [5.74, 6) is 0. The lowest BCUT2D eigenvalue weighted by Gasteiger charge is -2.05. The molecule has 2 rings (SSSR count). The number of hydrogen-bond donors (Lipinski definition) is 1. The van der Waals surface area contributed by atoms with Crippen molar-refractivity contribution >= 4 is 17.3 Å². The van der Waals surface area contributed by atoms with Crippen LogP contribution in [0.15, 0.2) is 24.4 Å². The van der Waals surface area contributed by atoms with Crippen LogP contribution in [0.2, 0.25) is 5.02 Å². The standard InChI is InChI=1S/C12H14ClN5O2/c1-2-3-9(14)10-7-17(16-15-10)12-6-8(13)4-5-11(12)18(19)20/h4-7,9H,2-3,14H2,1H3. The van der Waals surface area contributed by atoms with Crippen LogP contribution in [0.25, 0.3) is 5.69 Å². The average Bonchev–Trinajstić information content (AvgIpc) is 2.88. The van der Waals surface area contributed by atoms with E-state index in [1.165, 1.54) is 22.9 Å². The molecule has 0 aliphatic rings. The van der Waals surface area contributed by atoms with Crippen LogP contribution in [0, 0.1) is 10.1 Å². The van der Waals surface area contributed by atoms with Gasteiger partial charge in [0.15, 0.2) is 0 Å². The zero-order valence-corrected chi connectivity index (χ0v) is 11.6. The molecule has 1 heterocycles. The number of nitro groups is 1. The fourth-order valence-corrected chi connectivity index (χ4v) is 2.02. The molecule has 1 atom stereocenters. The van der Waals surface area contributed by atoms with Gasteiger partial charge in [-0.1, -0.05) is 30.2 Å². The van der Waals surface area contributed by atoms with E-state index in [-0.39, 0.29) is 17.4 Å². The van der Waals surface area contributed by atoms with Crippen molar-refractivity contribution in [3.63, 3.8) is 0 Å². The third-order valence-electron chi connectivity index (χ3n) is 2.87. The first-order valence-corrected chi connectivity index (χ1v) is 6.53. The number of rotatable bonds is 5. The molecule has 0 aliphatic heterocycles. The number of nitro benzene ring substituents is 1. The third kappa shape index (κ3) is 2.94. The number of halogens is 1. The molecule has 2 aromatic rings. The first-order chi connectivity index (χ1) is 9.52. The highest BCUT2D eigenvalue weighted by Crippen LogP contribution is 2.26. The molecule has 0 radical (unpaired) electrons. The molecule has 0 amide bonds. The quantitative estimate of drug-likeness (QED) is 0.675. The van der Waals surface area contributed by atoms with E-state index in [0.29, 0.717) is 10.7 Å². The van der Waals surface area contributed by atoms with Crippen LogP contribution in [-0.2, 0) is 0 Å². The second kappa shape index (κ2) is 5.98. The summed E-state index contributed by atoms with van der Waals surface area (Å²) in [6.07, 6.45) is 3.29.